The van der Waals surface area contributed by atoms with E-state index < -0.39 is 29.4 Å². The van der Waals surface area contributed by atoms with Gasteiger partial charge < -0.3 is 0 Å². The van der Waals surface area contributed by atoms with Crippen molar-refractivity contribution in [3.63, 3.8) is 0 Å². The Hall–Kier alpha value is 0.348. The SMILES string of the molecule is CC(C)=CC1=C(C[Si]([Si](C)(C)C)([Si](C)(C)C)[Si](C)(C)C)CC[C@@H]2CCCC[C@H]12. The second-order valence-electron chi connectivity index (χ2n) is 13.3. The molecule has 2 aliphatic carbocycles. The molecule has 0 aromatic heterocycles. The smallest absolute Gasteiger partial charge is 0.0416 e. The Balaban J connectivity index is 2.66. The van der Waals surface area contributed by atoms with E-state index in [4.69, 9.17) is 0 Å². The van der Waals surface area contributed by atoms with Crippen LogP contribution in [0.1, 0.15) is 52.4 Å². The molecule has 0 radical (unpaired) electrons. The summed E-state index contributed by atoms with van der Waals surface area (Å²) in [7, 11) is -3.59. The molecule has 1 saturated carbocycles. The lowest BCUT2D eigenvalue weighted by Gasteiger charge is -2.58. The van der Waals surface area contributed by atoms with Crippen LogP contribution in [0.3, 0.4) is 0 Å². The van der Waals surface area contributed by atoms with Crippen LogP contribution in [0.4, 0.5) is 0 Å². The number of hydrogen-bond donors (Lipinski definition) is 0. The Labute approximate surface area is 181 Å². The van der Waals surface area contributed by atoms with Gasteiger partial charge in [0.25, 0.3) is 0 Å². The normalized spacial score (nSPS) is 24.8. The third-order valence-electron chi connectivity index (χ3n) is 8.30. The lowest BCUT2D eigenvalue weighted by molar-refractivity contribution is 0.245. The molecule has 0 nitrogen and oxygen atoms in total. The van der Waals surface area contributed by atoms with Crippen molar-refractivity contribution in [1.82, 2.24) is 0 Å². The summed E-state index contributed by atoms with van der Waals surface area (Å²) in [6.45, 7) is 28.3. The largest absolute Gasteiger partial charge is 0.0762 e. The van der Waals surface area contributed by atoms with Crippen molar-refractivity contribution in [2.75, 3.05) is 0 Å². The molecule has 0 saturated heterocycles. The predicted octanol–water partition coefficient (Wildman–Crippen LogP) is 8.55. The van der Waals surface area contributed by atoms with Gasteiger partial charge in [0.2, 0.25) is 0 Å². The third-order valence-corrected chi connectivity index (χ3v) is 82.1. The molecule has 0 aromatic carbocycles. The Morgan fingerprint density at radius 2 is 1.29 bits per heavy atom. The van der Waals surface area contributed by atoms with Crippen LogP contribution in [0.5, 0.6) is 0 Å². The van der Waals surface area contributed by atoms with Gasteiger partial charge in [-0.2, -0.15) is 0 Å². The van der Waals surface area contributed by atoms with Gasteiger partial charge in [0, 0.05) is 29.4 Å². The van der Waals surface area contributed by atoms with Crippen LogP contribution in [0.15, 0.2) is 22.8 Å². The summed E-state index contributed by atoms with van der Waals surface area (Å²) in [4.78, 5) is 0. The molecule has 0 heterocycles. The third kappa shape index (κ3) is 4.65. The predicted molar refractivity (Wildman–Crippen MR) is 142 cm³/mol. The van der Waals surface area contributed by atoms with E-state index >= 15 is 0 Å². The van der Waals surface area contributed by atoms with Crippen molar-refractivity contribution in [3.05, 3.63) is 22.8 Å². The molecule has 162 valence electrons. The molecule has 0 N–H and O–H groups in total. The highest BCUT2D eigenvalue weighted by molar-refractivity contribution is 7.89. The summed E-state index contributed by atoms with van der Waals surface area (Å²) in [5.41, 5.74) is 5.34. The Bertz CT molecular complexity index is 582. The van der Waals surface area contributed by atoms with Crippen molar-refractivity contribution < 1.29 is 0 Å². The van der Waals surface area contributed by atoms with Crippen LogP contribution >= 0.6 is 0 Å². The van der Waals surface area contributed by atoms with E-state index in [-0.39, 0.29) is 0 Å². The van der Waals surface area contributed by atoms with Crippen molar-refractivity contribution in [2.24, 2.45) is 11.8 Å². The average Bonchev–Trinajstić information content (AvgIpc) is 2.49. The van der Waals surface area contributed by atoms with Crippen molar-refractivity contribution in [3.8, 4) is 0 Å². The van der Waals surface area contributed by atoms with Gasteiger partial charge in [-0.05, 0) is 63.0 Å². The van der Waals surface area contributed by atoms with Crippen LogP contribution in [-0.4, -0.2) is 29.4 Å². The van der Waals surface area contributed by atoms with Crippen molar-refractivity contribution >= 4 is 29.4 Å². The molecular formula is C24H50Si4. The van der Waals surface area contributed by atoms with E-state index in [1.54, 1.807) is 6.04 Å². The van der Waals surface area contributed by atoms with Gasteiger partial charge in [-0.3, -0.25) is 0 Å². The first-order valence-electron chi connectivity index (χ1n) is 12.0. The van der Waals surface area contributed by atoms with E-state index in [2.05, 4.69) is 78.8 Å². The highest BCUT2D eigenvalue weighted by Gasteiger charge is 2.61. The molecule has 28 heavy (non-hydrogen) atoms. The second kappa shape index (κ2) is 8.47. The Morgan fingerprint density at radius 1 is 0.786 bits per heavy atom. The average molecular weight is 451 g/mol. The monoisotopic (exact) mass is 450 g/mol. The van der Waals surface area contributed by atoms with Gasteiger partial charge >= 0.3 is 0 Å². The minimum atomic E-state index is -1.31. The van der Waals surface area contributed by atoms with E-state index in [0.717, 1.165) is 11.8 Å². The summed E-state index contributed by atoms with van der Waals surface area (Å²) in [6, 6.07) is 1.58. The first kappa shape index (κ1) is 24.6. The molecule has 2 aliphatic rings. The summed E-state index contributed by atoms with van der Waals surface area (Å²) in [6.07, 6.45) is 11.5. The lowest BCUT2D eigenvalue weighted by Crippen LogP contribution is -2.82. The lowest BCUT2D eigenvalue weighted by atomic mass is 9.68. The van der Waals surface area contributed by atoms with E-state index in [1.807, 2.05) is 11.1 Å². The number of fused-ring (bicyclic) bond motifs is 1. The van der Waals surface area contributed by atoms with Crippen molar-refractivity contribution in [2.45, 2.75) is 117 Å². The van der Waals surface area contributed by atoms with Gasteiger partial charge in [-0.1, -0.05) is 89.0 Å². The second-order valence-corrected chi connectivity index (χ2v) is 54.6. The van der Waals surface area contributed by atoms with Gasteiger partial charge in [0.15, 0.2) is 0 Å². The topological polar surface area (TPSA) is 0 Å². The maximum Gasteiger partial charge on any atom is 0.0416 e. The van der Waals surface area contributed by atoms with Crippen LogP contribution < -0.4 is 0 Å². The van der Waals surface area contributed by atoms with Gasteiger partial charge in [-0.25, -0.2) is 0 Å². The van der Waals surface area contributed by atoms with Gasteiger partial charge in [-0.15, -0.1) is 0 Å². The summed E-state index contributed by atoms with van der Waals surface area (Å²) in [5, 5.41) is 0. The summed E-state index contributed by atoms with van der Waals surface area (Å²) < 4.78 is 0. The maximum atomic E-state index is 2.77. The molecular weight excluding hydrogens is 401 g/mol. The fourth-order valence-electron chi connectivity index (χ4n) is 7.93. The fraction of sp³-hybridized carbons (Fsp3) is 0.833. The first-order valence-corrected chi connectivity index (χ1v) is 27.7. The standard InChI is InChI=1S/C24H50Si4/c1-20(2)18-24-22(17-16-21-14-12-13-15-23(21)24)19-28(25(3,4)5,26(6,7)8)27(9,10)11/h18,21,23H,12-17,19H2,1-11H3/t21-,23-/m0/s1. The molecule has 0 aliphatic heterocycles. The molecule has 0 spiro atoms. The zero-order valence-corrected chi connectivity index (χ0v) is 25.2. The van der Waals surface area contributed by atoms with Gasteiger partial charge in [0.1, 0.15) is 0 Å². The zero-order valence-electron chi connectivity index (χ0n) is 21.2. The Kier molecular flexibility index (Phi) is 7.44. The molecule has 0 bridgehead atoms. The highest BCUT2D eigenvalue weighted by atomic mass is 29.9. The molecule has 0 amide bonds. The molecule has 2 atom stereocenters. The molecule has 0 aromatic rings. The Morgan fingerprint density at radius 3 is 1.75 bits per heavy atom. The summed E-state index contributed by atoms with van der Waals surface area (Å²) >= 11 is 0. The van der Waals surface area contributed by atoms with Crippen LogP contribution in [0, 0.1) is 11.8 Å². The van der Waals surface area contributed by atoms with Crippen LogP contribution in [0.2, 0.25) is 65.0 Å². The quantitative estimate of drug-likeness (QED) is 0.355. The van der Waals surface area contributed by atoms with Crippen LogP contribution in [-0.2, 0) is 0 Å². The molecule has 1 fully saturated rings. The van der Waals surface area contributed by atoms with Gasteiger partial charge in [0.05, 0.1) is 0 Å². The first-order chi connectivity index (χ1) is 12.6. The maximum absolute atomic E-state index is 2.77. The molecule has 0 unspecified atom stereocenters. The number of allylic oxidation sites excluding steroid dienone is 4. The van der Waals surface area contributed by atoms with E-state index in [1.165, 1.54) is 44.1 Å². The fourth-order valence-corrected chi connectivity index (χ4v) is 105. The van der Waals surface area contributed by atoms with E-state index in [0.29, 0.717) is 0 Å². The van der Waals surface area contributed by atoms with Crippen LogP contribution in [0.25, 0.3) is 0 Å². The molecule has 4 heteroatoms. The minimum absolute atomic E-state index is 0.893. The number of hydrogen-bond acceptors (Lipinski definition) is 0. The minimum Gasteiger partial charge on any atom is -0.0762 e. The highest BCUT2D eigenvalue weighted by Crippen LogP contribution is 2.49. The zero-order chi connectivity index (χ0) is 21.5. The van der Waals surface area contributed by atoms with E-state index in [9.17, 15) is 0 Å². The number of rotatable bonds is 6. The molecule has 2 rings (SSSR count). The summed E-state index contributed by atoms with van der Waals surface area (Å²) in [5.74, 6) is 1.88. The van der Waals surface area contributed by atoms with Crippen molar-refractivity contribution in [1.29, 1.82) is 0 Å².